The zero-order chi connectivity index (χ0) is 21.4. The fraction of sp³-hybridized carbons (Fsp3) is 0.810. The molecule has 2 amide bonds. The van der Waals surface area contributed by atoms with E-state index in [9.17, 15) is 14.7 Å². The van der Waals surface area contributed by atoms with Crippen LogP contribution < -0.4 is 10.6 Å². The maximum Gasteiger partial charge on any atom is 0.314 e. The molecule has 29 heavy (non-hydrogen) atoms. The van der Waals surface area contributed by atoms with Gasteiger partial charge in [0.2, 0.25) is 5.89 Å². The van der Waals surface area contributed by atoms with Crippen molar-refractivity contribution in [3.8, 4) is 0 Å². The van der Waals surface area contributed by atoms with Crippen LogP contribution in [0.25, 0.3) is 0 Å². The first-order chi connectivity index (χ1) is 13.7. The monoisotopic (exact) mass is 408 g/mol. The molecule has 1 saturated carbocycles. The molecule has 1 unspecified atom stereocenters. The largest absolute Gasteiger partial charge is 0.481 e. The molecule has 2 rings (SSSR count). The van der Waals surface area contributed by atoms with Gasteiger partial charge >= 0.3 is 12.0 Å². The normalized spacial score (nSPS) is 17.5. The summed E-state index contributed by atoms with van der Waals surface area (Å²) in [5.74, 6) is -0.379. The third kappa shape index (κ3) is 7.01. The summed E-state index contributed by atoms with van der Waals surface area (Å²) in [5.41, 5.74) is -0.448. The fourth-order valence-electron chi connectivity index (χ4n) is 4.42. The van der Waals surface area contributed by atoms with Crippen molar-refractivity contribution in [3.63, 3.8) is 0 Å². The third-order valence-electron chi connectivity index (χ3n) is 5.89. The average molecular weight is 409 g/mol. The number of carbonyl (C=O) groups is 2. The van der Waals surface area contributed by atoms with Crippen LogP contribution in [0.4, 0.5) is 4.79 Å². The number of nitrogens with one attached hydrogen (secondary N) is 2. The minimum atomic E-state index is -0.844. The van der Waals surface area contributed by atoms with Gasteiger partial charge in [-0.05, 0) is 17.8 Å². The van der Waals surface area contributed by atoms with Gasteiger partial charge < -0.3 is 20.3 Å². The molecule has 0 aromatic carbocycles. The number of rotatable bonds is 9. The predicted octanol–water partition coefficient (Wildman–Crippen LogP) is 4.08. The molecule has 1 aromatic rings. The lowest BCUT2D eigenvalue weighted by Crippen LogP contribution is -2.34. The highest BCUT2D eigenvalue weighted by molar-refractivity contribution is 5.73. The van der Waals surface area contributed by atoms with Crippen LogP contribution in [0.3, 0.4) is 0 Å². The Morgan fingerprint density at radius 3 is 2.52 bits per heavy atom. The third-order valence-corrected chi connectivity index (χ3v) is 5.89. The second-order valence-electron chi connectivity index (χ2n) is 9.20. The summed E-state index contributed by atoms with van der Waals surface area (Å²) < 4.78 is 5.47. The topological polar surface area (TPSA) is 117 Å². The number of carbonyl (C=O) groups excluding carboxylic acids is 1. The maximum absolute atomic E-state index is 12.1. The van der Waals surface area contributed by atoms with E-state index >= 15 is 0 Å². The second kappa shape index (κ2) is 10.6. The van der Waals surface area contributed by atoms with Crippen molar-refractivity contribution in [1.29, 1.82) is 0 Å². The van der Waals surface area contributed by atoms with Gasteiger partial charge in [-0.15, -0.1) is 0 Å². The number of aromatic nitrogens is 2. The van der Waals surface area contributed by atoms with Crippen molar-refractivity contribution in [2.45, 2.75) is 84.6 Å². The minimum Gasteiger partial charge on any atom is -0.481 e. The smallest absolute Gasteiger partial charge is 0.314 e. The lowest BCUT2D eigenvalue weighted by atomic mass is 9.71. The molecule has 8 heteroatoms. The van der Waals surface area contributed by atoms with E-state index in [-0.39, 0.29) is 18.5 Å². The van der Waals surface area contributed by atoms with Crippen molar-refractivity contribution in [2.75, 3.05) is 7.05 Å². The molecular formula is C21H36N4O4. The van der Waals surface area contributed by atoms with Gasteiger partial charge in [0.05, 0.1) is 18.4 Å². The SMILES string of the molecule is CNC(=O)NCc1noc([C@H](CCCC2CCCCC2)C(C(=O)O)C(C)(C)C)n1. The Hall–Kier alpha value is -2.12. The van der Waals surface area contributed by atoms with E-state index in [1.54, 1.807) is 0 Å². The molecule has 0 bridgehead atoms. The number of amides is 2. The van der Waals surface area contributed by atoms with E-state index in [2.05, 4.69) is 20.8 Å². The molecule has 1 heterocycles. The zero-order valence-corrected chi connectivity index (χ0v) is 18.2. The molecule has 0 spiro atoms. The summed E-state index contributed by atoms with van der Waals surface area (Å²) in [6, 6.07) is -0.335. The van der Waals surface area contributed by atoms with Gasteiger partial charge in [0.15, 0.2) is 5.82 Å². The van der Waals surface area contributed by atoms with Crippen molar-refractivity contribution < 1.29 is 19.2 Å². The zero-order valence-electron chi connectivity index (χ0n) is 18.2. The average Bonchev–Trinajstić information content (AvgIpc) is 3.13. The first kappa shape index (κ1) is 23.2. The molecule has 1 aromatic heterocycles. The van der Waals surface area contributed by atoms with Crippen LogP contribution >= 0.6 is 0 Å². The lowest BCUT2D eigenvalue weighted by Gasteiger charge is -2.32. The van der Waals surface area contributed by atoms with Crippen LogP contribution in [-0.2, 0) is 11.3 Å². The highest BCUT2D eigenvalue weighted by atomic mass is 16.5. The van der Waals surface area contributed by atoms with E-state index in [4.69, 9.17) is 4.52 Å². The lowest BCUT2D eigenvalue weighted by molar-refractivity contribution is -0.147. The van der Waals surface area contributed by atoms with Crippen molar-refractivity contribution in [3.05, 3.63) is 11.7 Å². The maximum atomic E-state index is 12.1. The van der Waals surface area contributed by atoms with Gasteiger partial charge in [0.25, 0.3) is 0 Å². The summed E-state index contributed by atoms with van der Waals surface area (Å²) in [6.45, 7) is 5.93. The van der Waals surface area contributed by atoms with Crippen molar-refractivity contribution in [1.82, 2.24) is 20.8 Å². The summed E-state index contributed by atoms with van der Waals surface area (Å²) in [4.78, 5) is 27.9. The molecular weight excluding hydrogens is 372 g/mol. The van der Waals surface area contributed by atoms with Gasteiger partial charge in [-0.25, -0.2) is 4.79 Å². The quantitative estimate of drug-likeness (QED) is 0.567. The Morgan fingerprint density at radius 1 is 1.24 bits per heavy atom. The Labute approximate surface area is 173 Å². The minimum absolute atomic E-state index is 0.130. The summed E-state index contributed by atoms with van der Waals surface area (Å²) >= 11 is 0. The van der Waals surface area contributed by atoms with Crippen LogP contribution in [0, 0.1) is 17.3 Å². The van der Waals surface area contributed by atoms with Crippen LogP contribution in [0.15, 0.2) is 4.52 Å². The number of hydrogen-bond donors (Lipinski definition) is 3. The number of carboxylic acids is 1. The fourth-order valence-corrected chi connectivity index (χ4v) is 4.42. The molecule has 1 aliphatic carbocycles. The highest BCUT2D eigenvalue weighted by Crippen LogP contribution is 2.41. The molecule has 2 atom stereocenters. The van der Waals surface area contributed by atoms with E-state index < -0.39 is 17.3 Å². The summed E-state index contributed by atoms with van der Waals surface area (Å²) in [6.07, 6.45) is 9.27. The molecule has 0 saturated heterocycles. The number of nitrogens with zero attached hydrogens (tertiary/aromatic N) is 2. The summed E-state index contributed by atoms with van der Waals surface area (Å²) in [7, 11) is 1.53. The van der Waals surface area contributed by atoms with E-state index in [1.807, 2.05) is 20.8 Å². The Balaban J connectivity index is 2.12. The van der Waals surface area contributed by atoms with Gasteiger partial charge in [0.1, 0.15) is 0 Å². The second-order valence-corrected chi connectivity index (χ2v) is 9.20. The molecule has 8 nitrogen and oxygen atoms in total. The van der Waals surface area contributed by atoms with Crippen LogP contribution in [0.5, 0.6) is 0 Å². The van der Waals surface area contributed by atoms with Crippen LogP contribution in [-0.4, -0.2) is 34.3 Å². The Kier molecular flexibility index (Phi) is 8.46. The molecule has 0 aliphatic heterocycles. The van der Waals surface area contributed by atoms with Crippen molar-refractivity contribution in [2.24, 2.45) is 17.3 Å². The molecule has 3 N–H and O–H groups in total. The van der Waals surface area contributed by atoms with Gasteiger partial charge in [-0.1, -0.05) is 70.9 Å². The standard InChI is InChI=1S/C21H36N4O4/c1-21(2,3)17(19(26)27)15(12-8-11-14-9-6-5-7-10-14)18-24-16(25-29-18)13-23-20(28)22-4/h14-15,17H,5-13H2,1-4H3,(H,26,27)(H2,22,23,28)/t15-,17?/m1/s1. The summed E-state index contributed by atoms with van der Waals surface area (Å²) in [5, 5.41) is 19.0. The molecule has 164 valence electrons. The first-order valence-electron chi connectivity index (χ1n) is 10.7. The number of urea groups is 1. The Bertz CT molecular complexity index is 662. The van der Waals surface area contributed by atoms with E-state index in [1.165, 1.54) is 39.2 Å². The number of aliphatic carboxylic acids is 1. The van der Waals surface area contributed by atoms with Gasteiger partial charge in [-0.2, -0.15) is 4.98 Å². The predicted molar refractivity (Wildman–Crippen MR) is 109 cm³/mol. The Morgan fingerprint density at radius 2 is 1.93 bits per heavy atom. The first-order valence-corrected chi connectivity index (χ1v) is 10.7. The van der Waals surface area contributed by atoms with Crippen LogP contribution in [0.1, 0.15) is 89.8 Å². The molecule has 1 aliphatic rings. The van der Waals surface area contributed by atoms with E-state index in [0.717, 1.165) is 18.8 Å². The van der Waals surface area contributed by atoms with Crippen molar-refractivity contribution >= 4 is 12.0 Å². The van der Waals surface area contributed by atoms with E-state index in [0.29, 0.717) is 18.1 Å². The molecule has 0 radical (unpaired) electrons. The van der Waals surface area contributed by atoms with Gasteiger partial charge in [0, 0.05) is 7.05 Å². The van der Waals surface area contributed by atoms with Crippen LogP contribution in [0.2, 0.25) is 0 Å². The highest BCUT2D eigenvalue weighted by Gasteiger charge is 2.41. The van der Waals surface area contributed by atoms with Gasteiger partial charge in [-0.3, -0.25) is 4.79 Å². The molecule has 1 fully saturated rings. The number of hydrogen-bond acceptors (Lipinski definition) is 5. The number of carboxylic acid groups (broad SMARTS) is 1.